The van der Waals surface area contributed by atoms with Crippen LogP contribution in [0.1, 0.15) is 17.5 Å². The van der Waals surface area contributed by atoms with E-state index in [-0.39, 0.29) is 17.9 Å². The molecule has 0 aliphatic carbocycles. The van der Waals surface area contributed by atoms with E-state index in [1.54, 1.807) is 37.3 Å². The summed E-state index contributed by atoms with van der Waals surface area (Å²) in [5.41, 5.74) is 3.65. The lowest BCUT2D eigenvalue weighted by molar-refractivity contribution is -0.136. The monoisotopic (exact) mass is 477 g/mol. The van der Waals surface area contributed by atoms with Crippen molar-refractivity contribution in [3.63, 3.8) is 0 Å². The first-order valence-corrected chi connectivity index (χ1v) is 12.2. The van der Waals surface area contributed by atoms with Gasteiger partial charge in [-0.25, -0.2) is 13.1 Å². The molecule has 8 nitrogen and oxygen atoms in total. The zero-order valence-electron chi connectivity index (χ0n) is 18.7. The molecule has 0 aliphatic rings. The van der Waals surface area contributed by atoms with Gasteiger partial charge in [0.15, 0.2) is 15.1 Å². The standard InChI is InChI=1S/C25H23N3O5S/c1-16-6-8-18(9-7-16)19-10-12-20(13-11-19)34(32,33)22(25(30)31)14-15-28-24(29)21-5-3-4-17(2)23(21)26-27-28/h3-13,22H,14-15H2,1-2H3,(H,30,31). The maximum atomic E-state index is 13.1. The summed E-state index contributed by atoms with van der Waals surface area (Å²) in [7, 11) is -4.20. The summed E-state index contributed by atoms with van der Waals surface area (Å²) in [5.74, 6) is -1.49. The molecule has 0 spiro atoms. The van der Waals surface area contributed by atoms with Crippen LogP contribution in [0.3, 0.4) is 0 Å². The van der Waals surface area contributed by atoms with E-state index in [2.05, 4.69) is 10.3 Å². The molecular weight excluding hydrogens is 454 g/mol. The third-order valence-corrected chi connectivity index (χ3v) is 7.89. The average Bonchev–Trinajstić information content (AvgIpc) is 2.81. The van der Waals surface area contributed by atoms with Crippen molar-refractivity contribution in [3.8, 4) is 11.1 Å². The Morgan fingerprint density at radius 1 is 0.971 bits per heavy atom. The van der Waals surface area contributed by atoms with Gasteiger partial charge in [0.05, 0.1) is 10.3 Å². The van der Waals surface area contributed by atoms with Crippen molar-refractivity contribution in [2.75, 3.05) is 0 Å². The number of sulfone groups is 1. The molecule has 0 saturated carbocycles. The Labute approximate surface area is 196 Å². The van der Waals surface area contributed by atoms with Gasteiger partial charge >= 0.3 is 5.97 Å². The van der Waals surface area contributed by atoms with Crippen LogP contribution in [0.5, 0.6) is 0 Å². The third-order valence-electron chi connectivity index (χ3n) is 5.78. The zero-order chi connectivity index (χ0) is 24.5. The summed E-state index contributed by atoms with van der Waals surface area (Å²) in [5, 5.41) is 16.2. The van der Waals surface area contributed by atoms with Crippen molar-refractivity contribution >= 4 is 26.7 Å². The number of aryl methyl sites for hydroxylation is 3. The number of aromatic nitrogens is 3. The maximum absolute atomic E-state index is 13.1. The molecule has 1 heterocycles. The molecule has 1 aromatic heterocycles. The van der Waals surface area contributed by atoms with Crippen molar-refractivity contribution < 1.29 is 18.3 Å². The highest BCUT2D eigenvalue weighted by molar-refractivity contribution is 7.92. The number of carboxylic acid groups (broad SMARTS) is 1. The summed E-state index contributed by atoms with van der Waals surface area (Å²) in [6, 6.07) is 19.0. The van der Waals surface area contributed by atoms with E-state index in [1.807, 2.05) is 31.2 Å². The smallest absolute Gasteiger partial charge is 0.322 e. The van der Waals surface area contributed by atoms with Gasteiger partial charge in [-0.3, -0.25) is 9.59 Å². The zero-order valence-corrected chi connectivity index (χ0v) is 19.5. The van der Waals surface area contributed by atoms with E-state index >= 15 is 0 Å². The molecule has 9 heteroatoms. The fourth-order valence-corrected chi connectivity index (χ4v) is 5.31. The van der Waals surface area contributed by atoms with Crippen LogP contribution in [0.15, 0.2) is 76.4 Å². The molecular formula is C25H23N3O5S. The van der Waals surface area contributed by atoms with Gasteiger partial charge in [-0.2, -0.15) is 0 Å². The highest BCUT2D eigenvalue weighted by atomic mass is 32.2. The van der Waals surface area contributed by atoms with Crippen LogP contribution < -0.4 is 5.56 Å². The SMILES string of the molecule is Cc1ccc(-c2ccc(S(=O)(=O)C(CCn3nnc4c(C)cccc4c3=O)C(=O)O)cc2)cc1. The number of hydrogen-bond donors (Lipinski definition) is 1. The van der Waals surface area contributed by atoms with Crippen molar-refractivity contribution in [1.82, 2.24) is 15.0 Å². The molecule has 0 aliphatic heterocycles. The van der Waals surface area contributed by atoms with Gasteiger partial charge < -0.3 is 5.11 Å². The molecule has 0 radical (unpaired) electrons. The molecule has 34 heavy (non-hydrogen) atoms. The fourth-order valence-electron chi connectivity index (χ4n) is 3.79. The Kier molecular flexibility index (Phi) is 6.30. The third kappa shape index (κ3) is 4.47. The summed E-state index contributed by atoms with van der Waals surface area (Å²) >= 11 is 0. The van der Waals surface area contributed by atoms with Crippen LogP contribution >= 0.6 is 0 Å². The van der Waals surface area contributed by atoms with E-state index < -0.39 is 26.6 Å². The summed E-state index contributed by atoms with van der Waals surface area (Å²) in [6.07, 6.45) is -0.330. The predicted octanol–water partition coefficient (Wildman–Crippen LogP) is 3.39. The van der Waals surface area contributed by atoms with E-state index in [4.69, 9.17) is 0 Å². The van der Waals surface area contributed by atoms with Crippen LogP contribution in [-0.4, -0.2) is 39.7 Å². The van der Waals surface area contributed by atoms with Gasteiger partial charge in [0, 0.05) is 6.54 Å². The van der Waals surface area contributed by atoms with E-state index in [0.29, 0.717) is 10.9 Å². The molecule has 1 unspecified atom stereocenters. The minimum Gasteiger partial charge on any atom is -0.480 e. The molecule has 0 bridgehead atoms. The Balaban J connectivity index is 1.59. The lowest BCUT2D eigenvalue weighted by Crippen LogP contribution is -2.34. The summed E-state index contributed by atoms with van der Waals surface area (Å²) in [4.78, 5) is 24.5. The first kappa shape index (κ1) is 23.3. The summed E-state index contributed by atoms with van der Waals surface area (Å²) < 4.78 is 27.3. The van der Waals surface area contributed by atoms with Crippen molar-refractivity contribution in [3.05, 3.63) is 88.2 Å². The lowest BCUT2D eigenvalue weighted by Gasteiger charge is -2.14. The maximum Gasteiger partial charge on any atom is 0.322 e. The van der Waals surface area contributed by atoms with Gasteiger partial charge in [-0.1, -0.05) is 59.3 Å². The number of nitrogens with zero attached hydrogens (tertiary/aromatic N) is 3. The normalized spacial score (nSPS) is 12.5. The molecule has 0 amide bonds. The Morgan fingerprint density at radius 2 is 1.59 bits per heavy atom. The number of fused-ring (bicyclic) bond motifs is 1. The summed E-state index contributed by atoms with van der Waals surface area (Å²) in [6.45, 7) is 3.58. The van der Waals surface area contributed by atoms with Crippen LogP contribution in [-0.2, 0) is 21.2 Å². The molecule has 3 aromatic carbocycles. The van der Waals surface area contributed by atoms with E-state index in [1.165, 1.54) is 12.1 Å². The molecule has 0 saturated heterocycles. The molecule has 4 aromatic rings. The number of hydrogen-bond acceptors (Lipinski definition) is 6. The first-order chi connectivity index (χ1) is 16.2. The number of rotatable bonds is 7. The van der Waals surface area contributed by atoms with Crippen LogP contribution in [0, 0.1) is 13.8 Å². The minimum atomic E-state index is -4.20. The van der Waals surface area contributed by atoms with Crippen molar-refractivity contribution in [2.24, 2.45) is 0 Å². The van der Waals surface area contributed by atoms with E-state index in [9.17, 15) is 23.1 Å². The van der Waals surface area contributed by atoms with E-state index in [0.717, 1.165) is 26.9 Å². The quantitative estimate of drug-likeness (QED) is 0.433. The number of aliphatic carboxylic acids is 1. The predicted molar refractivity (Wildman–Crippen MR) is 128 cm³/mol. The fraction of sp³-hybridized carbons (Fsp3) is 0.200. The Morgan fingerprint density at radius 3 is 2.21 bits per heavy atom. The largest absolute Gasteiger partial charge is 0.480 e. The van der Waals surface area contributed by atoms with Gasteiger partial charge in [-0.05, 0) is 55.2 Å². The Hall–Kier alpha value is -3.85. The van der Waals surface area contributed by atoms with Crippen LogP contribution in [0.4, 0.5) is 0 Å². The first-order valence-electron chi connectivity index (χ1n) is 10.7. The number of carbonyl (C=O) groups is 1. The van der Waals surface area contributed by atoms with Crippen molar-refractivity contribution in [2.45, 2.75) is 37.0 Å². The Bertz CT molecular complexity index is 1530. The van der Waals surface area contributed by atoms with Gasteiger partial charge in [0.2, 0.25) is 0 Å². The highest BCUT2D eigenvalue weighted by Gasteiger charge is 2.34. The van der Waals surface area contributed by atoms with Gasteiger partial charge in [0.1, 0.15) is 5.52 Å². The second kappa shape index (κ2) is 9.18. The topological polar surface area (TPSA) is 119 Å². The molecule has 0 fully saturated rings. The average molecular weight is 478 g/mol. The van der Waals surface area contributed by atoms with Crippen LogP contribution in [0.2, 0.25) is 0 Å². The van der Waals surface area contributed by atoms with Crippen molar-refractivity contribution in [1.29, 1.82) is 0 Å². The number of benzene rings is 3. The second-order valence-corrected chi connectivity index (χ2v) is 10.3. The molecule has 1 atom stereocenters. The second-order valence-electron chi connectivity index (χ2n) is 8.14. The number of carboxylic acids is 1. The minimum absolute atomic E-state index is 0.0941. The molecule has 174 valence electrons. The van der Waals surface area contributed by atoms with Crippen LogP contribution in [0.25, 0.3) is 22.0 Å². The molecule has 1 N–H and O–H groups in total. The van der Waals surface area contributed by atoms with Gasteiger partial charge in [0.25, 0.3) is 5.56 Å². The highest BCUT2D eigenvalue weighted by Crippen LogP contribution is 2.25. The molecule has 4 rings (SSSR count). The van der Waals surface area contributed by atoms with Gasteiger partial charge in [-0.15, -0.1) is 5.10 Å². The lowest BCUT2D eigenvalue weighted by atomic mass is 10.0.